The van der Waals surface area contributed by atoms with Crippen molar-refractivity contribution in [3.8, 4) is 0 Å². The topological polar surface area (TPSA) is 20.2 Å². The number of hydrogen-bond acceptors (Lipinski definition) is 1. The number of unbranched alkanes of at least 4 members (excludes halogenated alkanes) is 1. The molecule has 1 N–H and O–H groups in total. The van der Waals surface area contributed by atoms with Gasteiger partial charge in [-0.2, -0.15) is 0 Å². The highest BCUT2D eigenvalue weighted by Gasteiger charge is 2.22. The van der Waals surface area contributed by atoms with Crippen molar-refractivity contribution in [2.75, 3.05) is 6.61 Å². The molecule has 96 valence electrons. The Labute approximate surface area is 97.2 Å². The Hall–Kier alpha value is -0.180. The van der Waals surface area contributed by atoms with Gasteiger partial charge in [-0.3, -0.25) is 0 Å². The number of aliphatic hydroxyl groups is 1. The molecule has 3 heteroatoms. The third-order valence-corrected chi connectivity index (χ3v) is 3.70. The average molecular weight is 234 g/mol. The summed E-state index contributed by atoms with van der Waals surface area (Å²) in [6, 6.07) is 0. The molecule has 16 heavy (non-hydrogen) atoms. The van der Waals surface area contributed by atoms with Crippen LogP contribution in [0.1, 0.15) is 58.3 Å². The molecule has 1 saturated carbocycles. The third kappa shape index (κ3) is 5.78. The van der Waals surface area contributed by atoms with Crippen LogP contribution in [-0.2, 0) is 0 Å². The number of hydrogen-bond donors (Lipinski definition) is 1. The summed E-state index contributed by atoms with van der Waals surface area (Å²) in [5, 5.41) is 9.00. The van der Waals surface area contributed by atoms with E-state index in [9.17, 15) is 8.78 Å². The zero-order valence-corrected chi connectivity index (χ0v) is 10.2. The third-order valence-electron chi connectivity index (χ3n) is 3.70. The molecular formula is C13H24F2O. The summed E-state index contributed by atoms with van der Waals surface area (Å²) in [7, 11) is 0. The monoisotopic (exact) mass is 234 g/mol. The quantitative estimate of drug-likeness (QED) is 0.689. The summed E-state index contributed by atoms with van der Waals surface area (Å²) in [6.45, 7) is 1.31. The second kappa shape index (κ2) is 6.53. The molecule has 0 aromatic heterocycles. The van der Waals surface area contributed by atoms with E-state index in [4.69, 9.17) is 5.11 Å². The van der Waals surface area contributed by atoms with Gasteiger partial charge in [0, 0.05) is 13.0 Å². The first-order valence-corrected chi connectivity index (χ1v) is 6.50. The lowest BCUT2D eigenvalue weighted by atomic mass is 9.80. The van der Waals surface area contributed by atoms with Crippen LogP contribution in [-0.4, -0.2) is 17.6 Å². The molecule has 0 aliphatic heterocycles. The Balaban J connectivity index is 2.02. The molecule has 0 saturated heterocycles. The maximum atomic E-state index is 12.6. The Morgan fingerprint density at radius 1 is 1.06 bits per heavy atom. The van der Waals surface area contributed by atoms with Crippen LogP contribution in [0.2, 0.25) is 0 Å². The van der Waals surface area contributed by atoms with Gasteiger partial charge >= 0.3 is 0 Å². The van der Waals surface area contributed by atoms with Gasteiger partial charge < -0.3 is 5.11 Å². The van der Waals surface area contributed by atoms with Crippen LogP contribution in [0.4, 0.5) is 8.78 Å². The van der Waals surface area contributed by atoms with Crippen molar-refractivity contribution in [2.24, 2.45) is 11.8 Å². The van der Waals surface area contributed by atoms with Crippen molar-refractivity contribution in [3.63, 3.8) is 0 Å². The Morgan fingerprint density at radius 3 is 2.12 bits per heavy atom. The van der Waals surface area contributed by atoms with Crippen LogP contribution in [0, 0.1) is 11.8 Å². The molecular weight excluding hydrogens is 210 g/mol. The molecule has 1 fully saturated rings. The van der Waals surface area contributed by atoms with Crippen LogP contribution in [0.3, 0.4) is 0 Å². The highest BCUT2D eigenvalue weighted by Crippen LogP contribution is 2.32. The van der Waals surface area contributed by atoms with E-state index in [-0.39, 0.29) is 6.42 Å². The summed E-state index contributed by atoms with van der Waals surface area (Å²) >= 11 is 0. The lowest BCUT2D eigenvalue weighted by molar-refractivity contribution is 0.00989. The second-order valence-electron chi connectivity index (χ2n) is 5.39. The molecule has 0 spiro atoms. The van der Waals surface area contributed by atoms with Crippen LogP contribution in [0.25, 0.3) is 0 Å². The van der Waals surface area contributed by atoms with Crippen LogP contribution < -0.4 is 0 Å². The highest BCUT2D eigenvalue weighted by molar-refractivity contribution is 4.72. The Bertz CT molecular complexity index is 181. The molecule has 1 rings (SSSR count). The second-order valence-corrected chi connectivity index (χ2v) is 5.39. The van der Waals surface area contributed by atoms with Gasteiger partial charge in [-0.25, -0.2) is 8.78 Å². The van der Waals surface area contributed by atoms with Crippen molar-refractivity contribution in [1.82, 2.24) is 0 Å². The van der Waals surface area contributed by atoms with E-state index < -0.39 is 5.92 Å². The summed E-state index contributed by atoms with van der Waals surface area (Å²) in [4.78, 5) is 0. The lowest BCUT2D eigenvalue weighted by Gasteiger charge is -2.27. The molecule has 0 aromatic carbocycles. The van der Waals surface area contributed by atoms with Crippen LogP contribution in [0.5, 0.6) is 0 Å². The van der Waals surface area contributed by atoms with Crippen molar-refractivity contribution in [2.45, 2.75) is 64.2 Å². The SMILES string of the molecule is CC(F)(F)CCCCC1CCC(CO)CC1. The van der Waals surface area contributed by atoms with Crippen molar-refractivity contribution >= 4 is 0 Å². The molecule has 0 unspecified atom stereocenters. The molecule has 1 aliphatic rings. The average Bonchev–Trinajstić information content (AvgIpc) is 2.24. The highest BCUT2D eigenvalue weighted by atomic mass is 19.3. The summed E-state index contributed by atoms with van der Waals surface area (Å²) in [5.74, 6) is -1.28. The first-order valence-electron chi connectivity index (χ1n) is 6.50. The fourth-order valence-electron chi connectivity index (χ4n) is 2.57. The Kier molecular flexibility index (Phi) is 5.67. The number of rotatable bonds is 6. The van der Waals surface area contributed by atoms with Gasteiger partial charge in [0.25, 0.3) is 0 Å². The van der Waals surface area contributed by atoms with Gasteiger partial charge in [0.05, 0.1) is 0 Å². The van der Waals surface area contributed by atoms with E-state index in [1.807, 2.05) is 0 Å². The van der Waals surface area contributed by atoms with Gasteiger partial charge in [-0.05, 0) is 38.0 Å². The Morgan fingerprint density at radius 2 is 1.62 bits per heavy atom. The molecule has 1 aliphatic carbocycles. The molecule has 0 amide bonds. The minimum absolute atomic E-state index is 0.0268. The standard InChI is InChI=1S/C13H24F2O/c1-13(14,15)9-3-2-4-11-5-7-12(10-16)8-6-11/h11-12,16H,2-10H2,1H3. The van der Waals surface area contributed by atoms with Crippen LogP contribution in [0.15, 0.2) is 0 Å². The van der Waals surface area contributed by atoms with E-state index in [2.05, 4.69) is 0 Å². The molecule has 0 heterocycles. The van der Waals surface area contributed by atoms with E-state index in [0.29, 0.717) is 24.9 Å². The minimum Gasteiger partial charge on any atom is -0.396 e. The summed E-state index contributed by atoms with van der Waals surface area (Å²) < 4.78 is 25.1. The van der Waals surface area contributed by atoms with Crippen molar-refractivity contribution < 1.29 is 13.9 Å². The molecule has 0 atom stereocenters. The molecule has 0 aromatic rings. The van der Waals surface area contributed by atoms with Gasteiger partial charge in [-0.1, -0.05) is 25.7 Å². The van der Waals surface area contributed by atoms with Gasteiger partial charge in [-0.15, -0.1) is 0 Å². The normalized spacial score (nSPS) is 27.0. The fourth-order valence-corrected chi connectivity index (χ4v) is 2.57. The zero-order chi connectivity index (χ0) is 12.0. The van der Waals surface area contributed by atoms with Gasteiger partial charge in [0.2, 0.25) is 5.92 Å². The van der Waals surface area contributed by atoms with E-state index in [1.165, 1.54) is 12.8 Å². The van der Waals surface area contributed by atoms with Crippen molar-refractivity contribution in [1.29, 1.82) is 0 Å². The fraction of sp³-hybridized carbons (Fsp3) is 1.00. The van der Waals surface area contributed by atoms with Crippen LogP contribution >= 0.6 is 0 Å². The predicted octanol–water partition coefficient (Wildman–Crippen LogP) is 4.00. The largest absolute Gasteiger partial charge is 0.396 e. The maximum absolute atomic E-state index is 12.6. The number of aliphatic hydroxyl groups excluding tert-OH is 1. The van der Waals surface area contributed by atoms with Crippen molar-refractivity contribution in [3.05, 3.63) is 0 Å². The van der Waals surface area contributed by atoms with Gasteiger partial charge in [0.15, 0.2) is 0 Å². The smallest absolute Gasteiger partial charge is 0.245 e. The minimum atomic E-state index is -2.49. The van der Waals surface area contributed by atoms with E-state index >= 15 is 0 Å². The predicted molar refractivity (Wildman–Crippen MR) is 61.6 cm³/mol. The molecule has 0 radical (unpaired) electrons. The molecule has 1 nitrogen and oxygen atoms in total. The van der Waals surface area contributed by atoms with Gasteiger partial charge in [0.1, 0.15) is 0 Å². The maximum Gasteiger partial charge on any atom is 0.245 e. The zero-order valence-electron chi connectivity index (χ0n) is 10.2. The summed E-state index contributed by atoms with van der Waals surface area (Å²) in [5.41, 5.74) is 0. The number of alkyl halides is 2. The first-order chi connectivity index (χ1) is 7.51. The van der Waals surface area contributed by atoms with E-state index in [0.717, 1.165) is 32.6 Å². The lowest BCUT2D eigenvalue weighted by Crippen LogP contribution is -2.17. The number of halogens is 2. The van der Waals surface area contributed by atoms with E-state index in [1.54, 1.807) is 0 Å². The first kappa shape index (κ1) is 13.9. The molecule has 0 bridgehead atoms. The summed E-state index contributed by atoms with van der Waals surface area (Å²) in [6.07, 6.45) is 7.27.